The van der Waals surface area contributed by atoms with E-state index < -0.39 is 11.9 Å². The van der Waals surface area contributed by atoms with Crippen LogP contribution in [0.25, 0.3) is 0 Å². The molecule has 3 aromatic carbocycles. The number of halogens is 3. The zero-order chi connectivity index (χ0) is 24.3. The van der Waals surface area contributed by atoms with E-state index in [1.807, 2.05) is 19.9 Å². The largest absolute Gasteiger partial charge is 0.497 e. The van der Waals surface area contributed by atoms with Gasteiger partial charge in [-0.1, -0.05) is 34.8 Å². The molecule has 0 aliphatic heterocycles. The van der Waals surface area contributed by atoms with Crippen molar-refractivity contribution in [1.29, 1.82) is 0 Å². The van der Waals surface area contributed by atoms with Crippen molar-refractivity contribution >= 4 is 52.4 Å². The number of imide groups is 1. The smallest absolute Gasteiger partial charge is 0.326 e. The standard InChI is InChI=1S/C24H21Cl3N2O4/c1-12-9-16(32-4)6-8-20(12)33-22-13(2)10-19(14(3)21(22)27)28-24(31)29-23(30)15-5-7-17(25)18(26)11-15/h5-11H,1-4H3,(H2,28,29,30,31). The lowest BCUT2D eigenvalue weighted by molar-refractivity contribution is 0.0967. The van der Waals surface area contributed by atoms with Crippen LogP contribution in [-0.2, 0) is 0 Å². The average molecular weight is 508 g/mol. The van der Waals surface area contributed by atoms with E-state index in [-0.39, 0.29) is 10.6 Å². The summed E-state index contributed by atoms with van der Waals surface area (Å²) in [5.74, 6) is 1.20. The highest BCUT2D eigenvalue weighted by atomic mass is 35.5. The molecule has 0 radical (unpaired) electrons. The van der Waals surface area contributed by atoms with Crippen molar-refractivity contribution in [1.82, 2.24) is 5.32 Å². The number of ether oxygens (including phenoxy) is 2. The summed E-state index contributed by atoms with van der Waals surface area (Å²) < 4.78 is 11.3. The Morgan fingerprint density at radius 1 is 0.879 bits per heavy atom. The van der Waals surface area contributed by atoms with Crippen molar-refractivity contribution in [2.24, 2.45) is 0 Å². The maximum absolute atomic E-state index is 12.4. The van der Waals surface area contributed by atoms with Crippen molar-refractivity contribution in [2.75, 3.05) is 12.4 Å². The van der Waals surface area contributed by atoms with Gasteiger partial charge in [-0.3, -0.25) is 10.1 Å². The molecule has 0 saturated carbocycles. The molecule has 172 valence electrons. The first-order valence-electron chi connectivity index (χ1n) is 9.80. The number of urea groups is 1. The Balaban J connectivity index is 1.77. The van der Waals surface area contributed by atoms with Gasteiger partial charge in [0.1, 0.15) is 17.2 Å². The van der Waals surface area contributed by atoms with E-state index in [9.17, 15) is 9.59 Å². The summed E-state index contributed by atoms with van der Waals surface area (Å²) in [5.41, 5.74) is 2.80. The van der Waals surface area contributed by atoms with Gasteiger partial charge in [0.05, 0.1) is 22.2 Å². The second-order valence-electron chi connectivity index (χ2n) is 7.28. The SMILES string of the molecule is COc1ccc(Oc2c(C)cc(NC(=O)NC(=O)c3ccc(Cl)c(Cl)c3)c(C)c2Cl)c(C)c1. The van der Waals surface area contributed by atoms with Crippen LogP contribution in [-0.4, -0.2) is 19.0 Å². The first-order valence-corrected chi connectivity index (χ1v) is 10.9. The van der Waals surface area contributed by atoms with Crippen LogP contribution in [0.2, 0.25) is 15.1 Å². The number of nitrogens with one attached hydrogen (secondary N) is 2. The van der Waals surface area contributed by atoms with E-state index in [1.54, 1.807) is 32.2 Å². The second kappa shape index (κ2) is 10.3. The molecule has 33 heavy (non-hydrogen) atoms. The zero-order valence-electron chi connectivity index (χ0n) is 18.3. The predicted molar refractivity (Wildman–Crippen MR) is 132 cm³/mol. The lowest BCUT2D eigenvalue weighted by Gasteiger charge is -2.18. The minimum absolute atomic E-state index is 0.198. The lowest BCUT2D eigenvalue weighted by Crippen LogP contribution is -2.34. The summed E-state index contributed by atoms with van der Waals surface area (Å²) >= 11 is 18.4. The Morgan fingerprint density at radius 2 is 1.61 bits per heavy atom. The van der Waals surface area contributed by atoms with Gasteiger partial charge in [-0.25, -0.2) is 4.79 Å². The van der Waals surface area contributed by atoms with Crippen LogP contribution in [0.3, 0.4) is 0 Å². The topological polar surface area (TPSA) is 76.7 Å². The molecule has 6 nitrogen and oxygen atoms in total. The number of amides is 3. The number of carbonyl (C=O) groups is 2. The third kappa shape index (κ3) is 5.71. The number of hydrogen-bond acceptors (Lipinski definition) is 4. The number of carbonyl (C=O) groups excluding carboxylic acids is 2. The van der Waals surface area contributed by atoms with Gasteiger partial charge in [0.25, 0.3) is 5.91 Å². The Hall–Kier alpha value is -2.93. The van der Waals surface area contributed by atoms with Crippen molar-refractivity contribution < 1.29 is 19.1 Å². The van der Waals surface area contributed by atoms with Crippen LogP contribution in [0.5, 0.6) is 17.2 Å². The van der Waals surface area contributed by atoms with Crippen molar-refractivity contribution in [3.63, 3.8) is 0 Å². The molecule has 3 amide bonds. The van der Waals surface area contributed by atoms with E-state index in [0.29, 0.717) is 38.4 Å². The number of hydrogen-bond donors (Lipinski definition) is 2. The molecule has 0 fully saturated rings. The molecule has 0 aromatic heterocycles. The third-order valence-corrected chi connectivity index (χ3v) is 6.10. The fraction of sp³-hybridized carbons (Fsp3) is 0.167. The molecule has 0 aliphatic rings. The monoisotopic (exact) mass is 506 g/mol. The Kier molecular flexibility index (Phi) is 7.74. The Morgan fingerprint density at radius 3 is 2.24 bits per heavy atom. The fourth-order valence-electron chi connectivity index (χ4n) is 3.05. The van der Waals surface area contributed by atoms with E-state index in [1.165, 1.54) is 18.2 Å². The Labute approximate surface area is 206 Å². The molecule has 3 aromatic rings. The van der Waals surface area contributed by atoms with E-state index >= 15 is 0 Å². The predicted octanol–water partition coefficient (Wildman–Crippen LogP) is 7.33. The third-order valence-electron chi connectivity index (χ3n) is 4.90. The molecule has 2 N–H and O–H groups in total. The van der Waals surface area contributed by atoms with E-state index in [4.69, 9.17) is 44.3 Å². The molecule has 0 bridgehead atoms. The van der Waals surface area contributed by atoms with Gasteiger partial charge in [0.15, 0.2) is 0 Å². The minimum atomic E-state index is -0.718. The van der Waals surface area contributed by atoms with Crippen molar-refractivity contribution in [3.8, 4) is 17.2 Å². The number of rotatable bonds is 5. The van der Waals surface area contributed by atoms with Crippen LogP contribution < -0.4 is 20.1 Å². The highest BCUT2D eigenvalue weighted by Crippen LogP contribution is 2.40. The molecule has 0 spiro atoms. The maximum Gasteiger partial charge on any atom is 0.326 e. The van der Waals surface area contributed by atoms with Crippen LogP contribution in [0, 0.1) is 20.8 Å². The molecule has 9 heteroatoms. The van der Waals surface area contributed by atoms with Crippen LogP contribution >= 0.6 is 34.8 Å². The van der Waals surface area contributed by atoms with Crippen LogP contribution in [0.4, 0.5) is 10.5 Å². The normalized spacial score (nSPS) is 10.5. The first kappa shape index (κ1) is 24.7. The van der Waals surface area contributed by atoms with E-state index in [2.05, 4.69) is 10.6 Å². The highest BCUT2D eigenvalue weighted by molar-refractivity contribution is 6.42. The molecular weight excluding hydrogens is 487 g/mol. The number of methoxy groups -OCH3 is 1. The second-order valence-corrected chi connectivity index (χ2v) is 8.47. The molecule has 0 aliphatic carbocycles. The minimum Gasteiger partial charge on any atom is -0.497 e. The summed E-state index contributed by atoms with van der Waals surface area (Å²) in [4.78, 5) is 24.7. The van der Waals surface area contributed by atoms with Gasteiger partial charge in [0, 0.05) is 11.3 Å². The maximum atomic E-state index is 12.4. The van der Waals surface area contributed by atoms with Gasteiger partial charge >= 0.3 is 6.03 Å². The quantitative estimate of drug-likeness (QED) is 0.379. The van der Waals surface area contributed by atoms with Crippen LogP contribution in [0.15, 0.2) is 42.5 Å². The lowest BCUT2D eigenvalue weighted by atomic mass is 10.1. The fourth-order valence-corrected chi connectivity index (χ4v) is 3.63. The summed E-state index contributed by atoms with van der Waals surface area (Å²) in [6, 6.07) is 10.8. The molecule has 0 unspecified atom stereocenters. The molecule has 0 heterocycles. The summed E-state index contributed by atoms with van der Waals surface area (Å²) in [6.07, 6.45) is 0. The average Bonchev–Trinajstić information content (AvgIpc) is 2.77. The highest BCUT2D eigenvalue weighted by Gasteiger charge is 2.18. The molecule has 0 saturated heterocycles. The van der Waals surface area contributed by atoms with Gasteiger partial charge in [-0.2, -0.15) is 0 Å². The molecular formula is C24H21Cl3N2O4. The van der Waals surface area contributed by atoms with Gasteiger partial charge in [-0.05, 0) is 79.9 Å². The molecule has 0 atom stereocenters. The summed E-state index contributed by atoms with van der Waals surface area (Å²) in [7, 11) is 1.60. The number of anilines is 1. The number of benzene rings is 3. The van der Waals surface area contributed by atoms with Gasteiger partial charge in [-0.15, -0.1) is 0 Å². The summed E-state index contributed by atoms with van der Waals surface area (Å²) in [6.45, 7) is 5.45. The Bertz CT molecular complexity index is 1240. The van der Waals surface area contributed by atoms with E-state index in [0.717, 1.165) is 11.3 Å². The molecule has 3 rings (SSSR count). The zero-order valence-corrected chi connectivity index (χ0v) is 20.6. The first-order chi connectivity index (χ1) is 15.6. The number of aryl methyl sites for hydroxylation is 2. The van der Waals surface area contributed by atoms with Gasteiger partial charge < -0.3 is 14.8 Å². The van der Waals surface area contributed by atoms with Crippen molar-refractivity contribution in [3.05, 3.63) is 79.8 Å². The van der Waals surface area contributed by atoms with Gasteiger partial charge in [0.2, 0.25) is 0 Å². The van der Waals surface area contributed by atoms with Crippen molar-refractivity contribution in [2.45, 2.75) is 20.8 Å². The summed E-state index contributed by atoms with van der Waals surface area (Å²) in [5, 5.41) is 5.77. The van der Waals surface area contributed by atoms with Crippen LogP contribution in [0.1, 0.15) is 27.0 Å².